The molecule has 1 aliphatic rings. The Balaban J connectivity index is 1.75. The summed E-state index contributed by atoms with van der Waals surface area (Å²) in [5, 5.41) is 1.12. The summed E-state index contributed by atoms with van der Waals surface area (Å²) in [6.07, 6.45) is 0. The standard InChI is InChI=1S/C21H17N3O3S/c1-14-10-12-15(13-11-14)28(26,27)24-17-7-3-2-6-16(17)20-21(25)23-19-9-5-4-8-18(19)22-20/h2-13,20,24H,1H3. The van der Waals surface area contributed by atoms with Crippen LogP contribution in [0.3, 0.4) is 0 Å². The first-order chi connectivity index (χ1) is 13.4. The Morgan fingerprint density at radius 3 is 2.25 bits per heavy atom. The molecule has 0 radical (unpaired) electrons. The van der Waals surface area contributed by atoms with Gasteiger partial charge >= 0.3 is 0 Å². The highest BCUT2D eigenvalue weighted by Crippen LogP contribution is 2.29. The summed E-state index contributed by atoms with van der Waals surface area (Å²) < 4.78 is 28.1. The van der Waals surface area contributed by atoms with Gasteiger partial charge in [0.05, 0.1) is 21.3 Å². The van der Waals surface area contributed by atoms with E-state index in [4.69, 9.17) is 0 Å². The molecule has 0 spiro atoms. The predicted molar refractivity (Wildman–Crippen MR) is 105 cm³/mol. The van der Waals surface area contributed by atoms with E-state index in [2.05, 4.69) is 14.7 Å². The number of para-hydroxylation sites is 3. The number of sulfonamides is 1. The molecule has 0 saturated carbocycles. The molecule has 1 N–H and O–H groups in total. The summed E-state index contributed by atoms with van der Waals surface area (Å²) in [7, 11) is -3.80. The van der Waals surface area contributed by atoms with Gasteiger partial charge in [0.25, 0.3) is 15.9 Å². The Morgan fingerprint density at radius 1 is 0.857 bits per heavy atom. The van der Waals surface area contributed by atoms with Crippen LogP contribution >= 0.6 is 0 Å². The van der Waals surface area contributed by atoms with Crippen LogP contribution in [0.1, 0.15) is 17.2 Å². The molecule has 0 bridgehead atoms. The van der Waals surface area contributed by atoms with Crippen LogP contribution in [-0.4, -0.2) is 14.3 Å². The van der Waals surface area contributed by atoms with Crippen molar-refractivity contribution in [1.82, 2.24) is 0 Å². The molecule has 0 aliphatic carbocycles. The lowest BCUT2D eigenvalue weighted by Gasteiger charge is -2.17. The molecule has 0 saturated heterocycles. The van der Waals surface area contributed by atoms with Crippen LogP contribution in [0, 0.1) is 6.92 Å². The van der Waals surface area contributed by atoms with Crippen LogP contribution in [-0.2, 0) is 14.8 Å². The molecule has 1 heterocycles. The highest BCUT2D eigenvalue weighted by molar-refractivity contribution is 7.92. The number of benzene rings is 3. The van der Waals surface area contributed by atoms with E-state index < -0.39 is 22.0 Å². The van der Waals surface area contributed by atoms with Gasteiger partial charge in [-0.05, 0) is 37.3 Å². The molecule has 1 amide bonds. The largest absolute Gasteiger partial charge is 0.279 e. The summed E-state index contributed by atoms with van der Waals surface area (Å²) in [5.74, 6) is -0.430. The molecule has 0 aromatic heterocycles. The van der Waals surface area contributed by atoms with Crippen LogP contribution in [0.5, 0.6) is 0 Å². The molecule has 1 aliphatic heterocycles. The number of amides is 1. The van der Waals surface area contributed by atoms with Gasteiger partial charge in [0.2, 0.25) is 0 Å². The SMILES string of the molecule is Cc1ccc(S(=O)(=O)Nc2ccccc2C2N=c3ccccc3=NC2=O)cc1. The van der Waals surface area contributed by atoms with E-state index in [1.807, 2.05) is 13.0 Å². The molecule has 1 atom stereocenters. The summed E-state index contributed by atoms with van der Waals surface area (Å²) >= 11 is 0. The first-order valence-electron chi connectivity index (χ1n) is 8.68. The van der Waals surface area contributed by atoms with Gasteiger partial charge in [0.1, 0.15) is 0 Å². The number of carbonyl (C=O) groups excluding carboxylic acids is 1. The van der Waals surface area contributed by atoms with E-state index >= 15 is 0 Å². The third kappa shape index (κ3) is 3.44. The molecule has 0 fully saturated rings. The highest BCUT2D eigenvalue weighted by atomic mass is 32.2. The monoisotopic (exact) mass is 391 g/mol. The van der Waals surface area contributed by atoms with Crippen molar-refractivity contribution >= 4 is 21.6 Å². The van der Waals surface area contributed by atoms with Crippen molar-refractivity contribution in [2.75, 3.05) is 4.72 Å². The fourth-order valence-electron chi connectivity index (χ4n) is 2.99. The van der Waals surface area contributed by atoms with E-state index in [1.165, 1.54) is 0 Å². The lowest BCUT2D eigenvalue weighted by molar-refractivity contribution is -0.119. The van der Waals surface area contributed by atoms with Gasteiger partial charge < -0.3 is 0 Å². The molecule has 6 nitrogen and oxygen atoms in total. The van der Waals surface area contributed by atoms with Gasteiger partial charge in [-0.3, -0.25) is 14.5 Å². The minimum absolute atomic E-state index is 0.148. The van der Waals surface area contributed by atoms with E-state index in [0.717, 1.165) is 5.56 Å². The van der Waals surface area contributed by atoms with Gasteiger partial charge in [0.15, 0.2) is 6.04 Å². The number of nitrogens with one attached hydrogen (secondary N) is 1. The van der Waals surface area contributed by atoms with E-state index in [-0.39, 0.29) is 4.90 Å². The minimum Gasteiger partial charge on any atom is -0.279 e. The van der Waals surface area contributed by atoms with E-state index in [0.29, 0.717) is 22.0 Å². The third-order valence-corrected chi connectivity index (χ3v) is 5.83. The highest BCUT2D eigenvalue weighted by Gasteiger charge is 2.26. The molecular formula is C21H17N3O3S. The predicted octanol–water partition coefficient (Wildman–Crippen LogP) is 2.32. The van der Waals surface area contributed by atoms with Crippen LogP contribution in [0.4, 0.5) is 5.69 Å². The van der Waals surface area contributed by atoms with Crippen molar-refractivity contribution in [3.8, 4) is 0 Å². The maximum atomic E-state index is 12.8. The Kier molecular flexibility index (Phi) is 4.52. The second-order valence-electron chi connectivity index (χ2n) is 6.48. The minimum atomic E-state index is -3.80. The molecular weight excluding hydrogens is 374 g/mol. The average molecular weight is 391 g/mol. The fraction of sp³-hybridized carbons (Fsp3) is 0.0952. The quantitative estimate of drug-likeness (QED) is 0.740. The number of carbonyl (C=O) groups is 1. The van der Waals surface area contributed by atoms with Crippen LogP contribution < -0.4 is 15.4 Å². The van der Waals surface area contributed by atoms with E-state index in [1.54, 1.807) is 66.7 Å². The average Bonchev–Trinajstić information content (AvgIpc) is 2.68. The van der Waals surface area contributed by atoms with Gasteiger partial charge in [-0.2, -0.15) is 0 Å². The molecule has 1 unspecified atom stereocenters. The fourth-order valence-corrected chi connectivity index (χ4v) is 4.08. The number of aryl methyl sites for hydroxylation is 1. The summed E-state index contributed by atoms with van der Waals surface area (Å²) in [6, 6.07) is 19.5. The summed E-state index contributed by atoms with van der Waals surface area (Å²) in [5.41, 5.74) is 1.73. The first kappa shape index (κ1) is 18.1. The van der Waals surface area contributed by atoms with Gasteiger partial charge in [0, 0.05) is 5.56 Å². The molecule has 3 aromatic rings. The van der Waals surface area contributed by atoms with E-state index in [9.17, 15) is 13.2 Å². The normalized spacial score (nSPS) is 15.9. The van der Waals surface area contributed by atoms with Crippen LogP contribution in [0.2, 0.25) is 0 Å². The summed E-state index contributed by atoms with van der Waals surface area (Å²) in [4.78, 5) is 21.3. The number of nitrogens with zero attached hydrogens (tertiary/aromatic N) is 2. The smallest absolute Gasteiger partial charge is 0.275 e. The Bertz CT molecular complexity index is 1280. The van der Waals surface area contributed by atoms with Crippen LogP contribution in [0.25, 0.3) is 0 Å². The third-order valence-electron chi connectivity index (χ3n) is 4.45. The number of hydrogen-bond acceptors (Lipinski definition) is 4. The molecule has 7 heteroatoms. The second-order valence-corrected chi connectivity index (χ2v) is 8.16. The number of hydrogen-bond donors (Lipinski definition) is 1. The summed E-state index contributed by atoms with van der Waals surface area (Å²) in [6.45, 7) is 1.89. The lowest BCUT2D eigenvalue weighted by atomic mass is 10.0. The van der Waals surface area contributed by atoms with Crippen molar-refractivity contribution in [2.45, 2.75) is 17.9 Å². The van der Waals surface area contributed by atoms with Crippen molar-refractivity contribution in [3.05, 3.63) is 94.6 Å². The lowest BCUT2D eigenvalue weighted by Crippen LogP contribution is -2.33. The zero-order valence-corrected chi connectivity index (χ0v) is 15.8. The Morgan fingerprint density at radius 2 is 1.50 bits per heavy atom. The first-order valence-corrected chi connectivity index (χ1v) is 10.2. The zero-order chi connectivity index (χ0) is 19.7. The number of fused-ring (bicyclic) bond motifs is 1. The number of rotatable bonds is 4. The van der Waals surface area contributed by atoms with Crippen LogP contribution in [0.15, 0.2) is 87.7 Å². The second kappa shape index (κ2) is 7.01. The Labute approximate surface area is 162 Å². The zero-order valence-electron chi connectivity index (χ0n) is 15.0. The van der Waals surface area contributed by atoms with Gasteiger partial charge in [-0.15, -0.1) is 0 Å². The molecule has 140 valence electrons. The topological polar surface area (TPSA) is 88.0 Å². The Hall–Kier alpha value is -3.32. The maximum Gasteiger partial charge on any atom is 0.275 e. The van der Waals surface area contributed by atoms with Crippen molar-refractivity contribution in [3.63, 3.8) is 0 Å². The molecule has 4 rings (SSSR count). The molecule has 3 aromatic carbocycles. The van der Waals surface area contributed by atoms with Gasteiger partial charge in [-0.25, -0.2) is 13.4 Å². The number of anilines is 1. The van der Waals surface area contributed by atoms with Crippen molar-refractivity contribution in [1.29, 1.82) is 0 Å². The molecule has 28 heavy (non-hydrogen) atoms. The van der Waals surface area contributed by atoms with Crippen molar-refractivity contribution in [2.24, 2.45) is 9.98 Å². The van der Waals surface area contributed by atoms with Crippen molar-refractivity contribution < 1.29 is 13.2 Å². The maximum absolute atomic E-state index is 12.8. The van der Waals surface area contributed by atoms with Gasteiger partial charge in [-0.1, -0.05) is 48.0 Å².